The van der Waals surface area contributed by atoms with Crippen molar-refractivity contribution in [2.45, 2.75) is 26.2 Å². The van der Waals surface area contributed by atoms with Crippen molar-refractivity contribution in [3.8, 4) is 0 Å². The van der Waals surface area contributed by atoms with Gasteiger partial charge in [0.25, 0.3) is 0 Å². The van der Waals surface area contributed by atoms with Crippen LogP contribution >= 0.6 is 0 Å². The summed E-state index contributed by atoms with van der Waals surface area (Å²) in [5.41, 5.74) is 0. The lowest BCUT2D eigenvalue weighted by molar-refractivity contribution is -0.141. The molecule has 0 radical (unpaired) electrons. The first-order chi connectivity index (χ1) is 5.31. The molecule has 0 aliphatic rings. The second kappa shape index (κ2) is 7.54. The summed E-state index contributed by atoms with van der Waals surface area (Å²) in [6.07, 6.45) is 2.24. The van der Waals surface area contributed by atoms with Gasteiger partial charge >= 0.3 is 5.97 Å². The van der Waals surface area contributed by atoms with Crippen LogP contribution in [-0.4, -0.2) is 26.3 Å². The van der Waals surface area contributed by atoms with Crippen molar-refractivity contribution < 1.29 is 14.3 Å². The van der Waals surface area contributed by atoms with Gasteiger partial charge < -0.3 is 9.47 Å². The number of carbonyl (C=O) groups is 1. The Bertz CT molecular complexity index is 102. The first-order valence-electron chi connectivity index (χ1n) is 3.95. The minimum atomic E-state index is -0.162. The van der Waals surface area contributed by atoms with Gasteiger partial charge in [-0.2, -0.15) is 0 Å². The van der Waals surface area contributed by atoms with E-state index in [1.165, 1.54) is 7.11 Å². The SMILES string of the molecule is CCCOCCCC(=O)OC. The van der Waals surface area contributed by atoms with E-state index in [0.717, 1.165) is 19.4 Å². The van der Waals surface area contributed by atoms with Crippen LogP contribution < -0.4 is 0 Å². The van der Waals surface area contributed by atoms with Crippen LogP contribution in [-0.2, 0) is 14.3 Å². The molecular formula is C8H16O3. The van der Waals surface area contributed by atoms with Crippen molar-refractivity contribution >= 4 is 5.97 Å². The monoisotopic (exact) mass is 160 g/mol. The predicted octanol–water partition coefficient (Wildman–Crippen LogP) is 1.37. The molecule has 0 fully saturated rings. The maximum atomic E-state index is 10.6. The van der Waals surface area contributed by atoms with Gasteiger partial charge in [0.05, 0.1) is 7.11 Å². The van der Waals surface area contributed by atoms with Gasteiger partial charge in [-0.3, -0.25) is 4.79 Å². The third-order valence-corrected chi connectivity index (χ3v) is 1.25. The molecule has 0 bridgehead atoms. The molecule has 0 heterocycles. The average Bonchev–Trinajstić information content (AvgIpc) is 2.04. The molecule has 0 aromatic rings. The minimum Gasteiger partial charge on any atom is -0.469 e. The largest absolute Gasteiger partial charge is 0.469 e. The van der Waals surface area contributed by atoms with Crippen LogP contribution in [0.2, 0.25) is 0 Å². The molecule has 0 N–H and O–H groups in total. The highest BCUT2D eigenvalue weighted by atomic mass is 16.5. The van der Waals surface area contributed by atoms with Crippen LogP contribution in [0.4, 0.5) is 0 Å². The highest BCUT2D eigenvalue weighted by Crippen LogP contribution is 1.92. The molecule has 0 aliphatic carbocycles. The zero-order chi connectivity index (χ0) is 8.53. The summed E-state index contributed by atoms with van der Waals surface area (Å²) < 4.78 is 9.63. The molecule has 0 aliphatic heterocycles. The molecule has 0 unspecified atom stereocenters. The van der Waals surface area contributed by atoms with Crippen LogP contribution in [0, 0.1) is 0 Å². The molecular weight excluding hydrogens is 144 g/mol. The average molecular weight is 160 g/mol. The maximum absolute atomic E-state index is 10.6. The summed E-state index contributed by atoms with van der Waals surface area (Å²) in [7, 11) is 1.40. The van der Waals surface area contributed by atoms with Crippen molar-refractivity contribution in [2.75, 3.05) is 20.3 Å². The summed E-state index contributed by atoms with van der Waals surface area (Å²) in [5.74, 6) is -0.162. The fourth-order valence-corrected chi connectivity index (χ4v) is 0.667. The van der Waals surface area contributed by atoms with E-state index in [9.17, 15) is 4.79 Å². The van der Waals surface area contributed by atoms with E-state index in [4.69, 9.17) is 4.74 Å². The maximum Gasteiger partial charge on any atom is 0.305 e. The summed E-state index contributed by atoms with van der Waals surface area (Å²) in [4.78, 5) is 10.6. The summed E-state index contributed by atoms with van der Waals surface area (Å²) in [6.45, 7) is 3.49. The van der Waals surface area contributed by atoms with Gasteiger partial charge in [0.15, 0.2) is 0 Å². The second-order valence-corrected chi connectivity index (χ2v) is 2.29. The van der Waals surface area contributed by atoms with E-state index in [0.29, 0.717) is 13.0 Å². The first kappa shape index (κ1) is 10.4. The Morgan fingerprint density at radius 1 is 1.36 bits per heavy atom. The topological polar surface area (TPSA) is 35.5 Å². The molecule has 0 amide bonds. The Morgan fingerprint density at radius 2 is 2.09 bits per heavy atom. The van der Waals surface area contributed by atoms with Crippen molar-refractivity contribution in [2.24, 2.45) is 0 Å². The van der Waals surface area contributed by atoms with E-state index in [-0.39, 0.29) is 5.97 Å². The third kappa shape index (κ3) is 7.33. The number of hydrogen-bond donors (Lipinski definition) is 0. The quantitative estimate of drug-likeness (QED) is 0.435. The van der Waals surface area contributed by atoms with E-state index in [2.05, 4.69) is 11.7 Å². The van der Waals surface area contributed by atoms with Gasteiger partial charge in [-0.15, -0.1) is 0 Å². The van der Waals surface area contributed by atoms with Crippen molar-refractivity contribution in [3.63, 3.8) is 0 Å². The molecule has 11 heavy (non-hydrogen) atoms. The fourth-order valence-electron chi connectivity index (χ4n) is 0.667. The molecule has 0 atom stereocenters. The van der Waals surface area contributed by atoms with E-state index < -0.39 is 0 Å². The lowest BCUT2D eigenvalue weighted by atomic mass is 10.3. The van der Waals surface area contributed by atoms with Crippen molar-refractivity contribution in [1.29, 1.82) is 0 Å². The molecule has 3 nitrogen and oxygen atoms in total. The summed E-state index contributed by atoms with van der Waals surface area (Å²) >= 11 is 0. The van der Waals surface area contributed by atoms with Gasteiger partial charge in [0, 0.05) is 19.6 Å². The zero-order valence-electron chi connectivity index (χ0n) is 7.26. The smallest absolute Gasteiger partial charge is 0.305 e. The lowest BCUT2D eigenvalue weighted by Gasteiger charge is -2.00. The Labute approximate surface area is 67.7 Å². The van der Waals surface area contributed by atoms with Gasteiger partial charge in [-0.1, -0.05) is 6.92 Å². The molecule has 3 heteroatoms. The van der Waals surface area contributed by atoms with Crippen molar-refractivity contribution in [1.82, 2.24) is 0 Å². The van der Waals surface area contributed by atoms with E-state index >= 15 is 0 Å². The zero-order valence-corrected chi connectivity index (χ0v) is 7.26. The molecule has 0 saturated heterocycles. The highest BCUT2D eigenvalue weighted by Gasteiger charge is 1.97. The van der Waals surface area contributed by atoms with Crippen LogP contribution in [0.25, 0.3) is 0 Å². The summed E-state index contributed by atoms with van der Waals surface area (Å²) in [6, 6.07) is 0. The third-order valence-electron chi connectivity index (χ3n) is 1.25. The number of esters is 1. The molecule has 66 valence electrons. The molecule has 0 saturated carbocycles. The minimum absolute atomic E-state index is 0.162. The van der Waals surface area contributed by atoms with Gasteiger partial charge in [0.2, 0.25) is 0 Å². The number of hydrogen-bond acceptors (Lipinski definition) is 3. The highest BCUT2D eigenvalue weighted by molar-refractivity contribution is 5.68. The molecule has 0 spiro atoms. The number of ether oxygens (including phenoxy) is 2. The van der Waals surface area contributed by atoms with Gasteiger partial charge in [-0.25, -0.2) is 0 Å². The Morgan fingerprint density at radius 3 is 2.64 bits per heavy atom. The van der Waals surface area contributed by atoms with Crippen molar-refractivity contribution in [3.05, 3.63) is 0 Å². The van der Waals surface area contributed by atoms with Crippen LogP contribution in [0.3, 0.4) is 0 Å². The fraction of sp³-hybridized carbons (Fsp3) is 0.875. The predicted molar refractivity (Wildman–Crippen MR) is 42.4 cm³/mol. The Kier molecular flexibility index (Phi) is 7.15. The van der Waals surface area contributed by atoms with E-state index in [1.807, 2.05) is 0 Å². The van der Waals surface area contributed by atoms with Crippen LogP contribution in [0.15, 0.2) is 0 Å². The van der Waals surface area contributed by atoms with Gasteiger partial charge in [-0.05, 0) is 12.8 Å². The number of rotatable bonds is 6. The second-order valence-electron chi connectivity index (χ2n) is 2.29. The Balaban J connectivity index is 2.95. The molecule has 0 rings (SSSR count). The van der Waals surface area contributed by atoms with Crippen LogP contribution in [0.5, 0.6) is 0 Å². The Hall–Kier alpha value is -0.570. The number of carbonyl (C=O) groups excluding carboxylic acids is 1. The van der Waals surface area contributed by atoms with E-state index in [1.54, 1.807) is 0 Å². The molecule has 0 aromatic heterocycles. The summed E-state index contributed by atoms with van der Waals surface area (Å²) in [5, 5.41) is 0. The first-order valence-corrected chi connectivity index (χ1v) is 3.95. The normalized spacial score (nSPS) is 9.64. The van der Waals surface area contributed by atoms with Gasteiger partial charge in [0.1, 0.15) is 0 Å². The standard InChI is InChI=1S/C8H16O3/c1-3-6-11-7-4-5-8(9)10-2/h3-7H2,1-2H3. The lowest BCUT2D eigenvalue weighted by Crippen LogP contribution is -2.03. The number of methoxy groups -OCH3 is 1. The molecule has 0 aromatic carbocycles. The van der Waals surface area contributed by atoms with Crippen LogP contribution in [0.1, 0.15) is 26.2 Å².